The van der Waals surface area contributed by atoms with Crippen molar-refractivity contribution in [3.8, 4) is 0 Å². The summed E-state index contributed by atoms with van der Waals surface area (Å²) in [6.07, 6.45) is 5.30. The van der Waals surface area contributed by atoms with Gasteiger partial charge in [0.25, 0.3) is 0 Å². The Morgan fingerprint density at radius 3 is 2.78 bits per heavy atom. The van der Waals surface area contributed by atoms with Gasteiger partial charge in [-0.15, -0.1) is 0 Å². The van der Waals surface area contributed by atoms with Gasteiger partial charge < -0.3 is 31.9 Å². The van der Waals surface area contributed by atoms with E-state index in [0.717, 1.165) is 24.3 Å². The Morgan fingerprint density at radius 2 is 2.04 bits per heavy atom. The molecule has 1 saturated heterocycles. The van der Waals surface area contributed by atoms with Crippen LogP contribution in [-0.4, -0.2) is 24.8 Å². The van der Waals surface area contributed by atoms with Gasteiger partial charge in [0.1, 0.15) is 11.5 Å². The molecule has 6 heteroatoms. The average molecular weight is 390 g/mol. The lowest BCUT2D eigenvalue weighted by atomic mass is 9.43. The summed E-state index contributed by atoms with van der Waals surface area (Å²) in [5.74, 6) is 1.42. The molecular formula is C21H29BClNO3. The van der Waals surface area contributed by atoms with Gasteiger partial charge in [-0.25, -0.2) is 0 Å². The molecule has 5 atom stereocenters. The third-order valence-corrected chi connectivity index (χ3v) is 7.72. The number of halogens is 1. The van der Waals surface area contributed by atoms with Crippen LogP contribution < -0.4 is 18.1 Å². The second-order valence-corrected chi connectivity index (χ2v) is 9.51. The molecule has 146 valence electrons. The van der Waals surface area contributed by atoms with Crippen LogP contribution in [0.4, 0.5) is 0 Å². The van der Waals surface area contributed by atoms with Crippen LogP contribution >= 0.6 is 0 Å². The number of benzene rings is 1. The molecule has 0 radical (unpaired) electrons. The van der Waals surface area contributed by atoms with E-state index in [0.29, 0.717) is 11.3 Å². The predicted molar refractivity (Wildman–Crippen MR) is 101 cm³/mol. The fourth-order valence-corrected chi connectivity index (χ4v) is 5.97. The average Bonchev–Trinajstić information content (AvgIpc) is 3.15. The first-order chi connectivity index (χ1) is 12.3. The molecule has 3 saturated carbocycles. The maximum absolute atomic E-state index is 6.58. The molecule has 0 spiro atoms. The minimum atomic E-state index is -0.228. The van der Waals surface area contributed by atoms with Crippen molar-refractivity contribution in [2.75, 3.05) is 0 Å². The molecule has 1 aromatic carbocycles. The highest BCUT2D eigenvalue weighted by molar-refractivity contribution is 6.46. The van der Waals surface area contributed by atoms with Crippen LogP contribution in [0.5, 0.6) is 0 Å². The lowest BCUT2D eigenvalue weighted by Crippen LogP contribution is -3.00. The highest BCUT2D eigenvalue weighted by Crippen LogP contribution is 2.65. The molecule has 0 unspecified atom stereocenters. The number of rotatable bonds is 3. The number of furan rings is 1. The van der Waals surface area contributed by atoms with Crippen LogP contribution in [0, 0.1) is 24.2 Å². The van der Waals surface area contributed by atoms with Crippen LogP contribution in [0.3, 0.4) is 0 Å². The topological polar surface area (TPSA) is 59.2 Å². The van der Waals surface area contributed by atoms with Gasteiger partial charge in [0, 0.05) is 17.4 Å². The van der Waals surface area contributed by atoms with Gasteiger partial charge in [-0.2, -0.15) is 0 Å². The summed E-state index contributed by atoms with van der Waals surface area (Å²) in [4.78, 5) is 0. The second kappa shape index (κ2) is 6.25. The molecule has 27 heavy (non-hydrogen) atoms. The maximum atomic E-state index is 6.58. The van der Waals surface area contributed by atoms with E-state index < -0.39 is 0 Å². The van der Waals surface area contributed by atoms with Crippen molar-refractivity contribution in [1.29, 1.82) is 0 Å². The van der Waals surface area contributed by atoms with E-state index in [4.69, 9.17) is 13.7 Å². The maximum Gasteiger partial charge on any atom is 0.521 e. The van der Waals surface area contributed by atoms with E-state index >= 15 is 0 Å². The highest BCUT2D eigenvalue weighted by Gasteiger charge is 2.68. The van der Waals surface area contributed by atoms with Crippen LogP contribution in [-0.2, 0) is 15.7 Å². The Hall–Kier alpha value is -1.01. The number of aryl methyl sites for hydroxylation is 1. The van der Waals surface area contributed by atoms with E-state index in [1.54, 1.807) is 0 Å². The molecule has 4 aliphatic rings. The zero-order valence-corrected chi connectivity index (χ0v) is 17.4. The summed E-state index contributed by atoms with van der Waals surface area (Å²) in [6.45, 7) is 9.19. The van der Waals surface area contributed by atoms with Crippen LogP contribution in [0.15, 0.2) is 28.9 Å². The number of fused-ring (bicyclic) bond motifs is 1. The molecule has 3 aliphatic carbocycles. The molecule has 3 N–H and O–H groups in total. The third kappa shape index (κ3) is 2.62. The van der Waals surface area contributed by atoms with Gasteiger partial charge in [0.15, 0.2) is 0 Å². The summed E-state index contributed by atoms with van der Waals surface area (Å²) < 4.78 is 18.7. The van der Waals surface area contributed by atoms with Crippen molar-refractivity contribution in [1.82, 2.24) is 0 Å². The molecule has 1 aromatic heterocycles. The summed E-state index contributed by atoms with van der Waals surface area (Å²) in [5.41, 5.74) is 8.01. The van der Waals surface area contributed by atoms with Crippen LogP contribution in [0.25, 0.3) is 11.0 Å². The van der Waals surface area contributed by atoms with Crippen molar-refractivity contribution in [2.24, 2.45) is 17.3 Å². The Morgan fingerprint density at radius 1 is 1.26 bits per heavy atom. The quantitative estimate of drug-likeness (QED) is 0.761. The first kappa shape index (κ1) is 19.3. The first-order valence-electron chi connectivity index (χ1n) is 9.92. The molecule has 2 heterocycles. The Bertz CT molecular complexity index is 868. The van der Waals surface area contributed by atoms with Crippen molar-refractivity contribution in [3.63, 3.8) is 0 Å². The molecular weight excluding hydrogens is 361 g/mol. The monoisotopic (exact) mass is 389 g/mol. The summed E-state index contributed by atoms with van der Waals surface area (Å²) in [6, 6.07) is 6.19. The first-order valence-corrected chi connectivity index (χ1v) is 9.92. The van der Waals surface area contributed by atoms with E-state index in [-0.39, 0.29) is 37.2 Å². The zero-order chi connectivity index (χ0) is 18.3. The van der Waals surface area contributed by atoms with Crippen molar-refractivity contribution in [2.45, 2.75) is 64.6 Å². The fourth-order valence-electron chi connectivity index (χ4n) is 5.97. The Kier molecular flexibility index (Phi) is 4.47. The zero-order valence-electron chi connectivity index (χ0n) is 16.6. The van der Waals surface area contributed by atoms with Crippen LogP contribution in [0.2, 0.25) is 0 Å². The largest absolute Gasteiger partial charge is 1.00 e. The van der Waals surface area contributed by atoms with Gasteiger partial charge in [0.2, 0.25) is 0 Å². The molecule has 4 fully saturated rings. The molecule has 1 aliphatic heterocycles. The van der Waals surface area contributed by atoms with E-state index in [9.17, 15) is 0 Å². The normalized spacial score (nSPS) is 34.7. The van der Waals surface area contributed by atoms with Crippen molar-refractivity contribution < 1.29 is 31.9 Å². The summed E-state index contributed by atoms with van der Waals surface area (Å²) in [7, 11) is -0.228. The standard InChI is InChI=1S/C21H28BNO3.ClH/c1-12-6-5-7-15-19(12)13(11-24-15)8-18(23)22-25-17-10-14-9-16(20(14,2)3)21(17,4)26-22;/h5-7,11,14,16-18H,8-10,23H2,1-4H3;1H/t14-,16-,17+,18-,21-;/m0./s1. The fraction of sp³-hybridized carbons (Fsp3) is 0.619. The summed E-state index contributed by atoms with van der Waals surface area (Å²) in [5, 5.41) is 1.21. The van der Waals surface area contributed by atoms with E-state index in [1.807, 2.05) is 18.4 Å². The molecule has 0 amide bonds. The predicted octanol–water partition coefficient (Wildman–Crippen LogP) is 0.166. The lowest BCUT2D eigenvalue weighted by molar-refractivity contribution is -0.397. The highest BCUT2D eigenvalue weighted by atomic mass is 35.5. The van der Waals surface area contributed by atoms with Crippen LogP contribution in [0.1, 0.15) is 44.7 Å². The molecule has 2 bridgehead atoms. The second-order valence-electron chi connectivity index (χ2n) is 9.51. The van der Waals surface area contributed by atoms with Crippen molar-refractivity contribution in [3.05, 3.63) is 35.6 Å². The van der Waals surface area contributed by atoms with Gasteiger partial charge >= 0.3 is 7.12 Å². The number of hydrogen-bond acceptors (Lipinski definition) is 3. The van der Waals surface area contributed by atoms with Gasteiger partial charge in [-0.05, 0) is 55.6 Å². The van der Waals surface area contributed by atoms with E-state index in [2.05, 4.69) is 39.5 Å². The SMILES string of the molecule is Cc1cccc2occ(C[C@H]([NH3+])B3O[C@@H]4C[C@@H]5C[C@@H](C5(C)C)[C@]4(C)O3)c12.[Cl-]. The molecule has 6 rings (SSSR count). The smallest absolute Gasteiger partial charge is 0.521 e. The van der Waals surface area contributed by atoms with Crippen molar-refractivity contribution >= 4 is 18.1 Å². The lowest BCUT2D eigenvalue weighted by Gasteiger charge is -2.64. The van der Waals surface area contributed by atoms with Gasteiger partial charge in [0.05, 0.1) is 18.0 Å². The Labute approximate surface area is 167 Å². The summed E-state index contributed by atoms with van der Waals surface area (Å²) >= 11 is 0. The molecule has 2 aromatic rings. The number of hydrogen-bond donors (Lipinski definition) is 1. The minimum absolute atomic E-state index is 0. The van der Waals surface area contributed by atoms with Gasteiger partial charge in [-0.1, -0.05) is 26.0 Å². The van der Waals surface area contributed by atoms with Gasteiger partial charge in [-0.3, -0.25) is 0 Å². The number of quaternary nitrogens is 1. The Balaban J connectivity index is 0.00000180. The minimum Gasteiger partial charge on any atom is -1.00 e. The third-order valence-electron chi connectivity index (χ3n) is 7.72. The molecule has 4 nitrogen and oxygen atoms in total. The van der Waals surface area contributed by atoms with E-state index in [1.165, 1.54) is 22.9 Å².